The van der Waals surface area contributed by atoms with Crippen molar-refractivity contribution in [1.29, 1.82) is 0 Å². The fourth-order valence-electron chi connectivity index (χ4n) is 1.51. The van der Waals surface area contributed by atoms with Gasteiger partial charge in [0.15, 0.2) is 10.7 Å². The highest BCUT2D eigenvalue weighted by atomic mass is 35.5. The van der Waals surface area contributed by atoms with E-state index in [4.69, 9.17) is 16.1 Å². The number of hydrogen-bond acceptors (Lipinski definition) is 5. The first-order chi connectivity index (χ1) is 8.40. The highest BCUT2D eigenvalue weighted by Gasteiger charge is 2.24. The normalized spacial score (nSPS) is 11.5. The number of hydrogen-bond donors (Lipinski definition) is 1. The zero-order chi connectivity index (χ0) is 13.3. The minimum Gasteiger partial charge on any atom is -0.360 e. The predicted molar refractivity (Wildman–Crippen MR) is 66.0 cm³/mol. The van der Waals surface area contributed by atoms with E-state index in [-0.39, 0.29) is 16.5 Å². The summed E-state index contributed by atoms with van der Waals surface area (Å²) < 4.78 is 31.4. The van der Waals surface area contributed by atoms with Crippen LogP contribution in [0.15, 0.2) is 27.7 Å². The maximum absolute atomic E-state index is 12.1. The van der Waals surface area contributed by atoms with Crippen molar-refractivity contribution < 1.29 is 12.9 Å². The van der Waals surface area contributed by atoms with E-state index < -0.39 is 10.0 Å². The smallest absolute Gasteiger partial charge is 0.268 e. The minimum absolute atomic E-state index is 0.0178. The van der Waals surface area contributed by atoms with Crippen molar-refractivity contribution in [2.24, 2.45) is 0 Å². The molecule has 0 saturated carbocycles. The highest BCUT2D eigenvalue weighted by molar-refractivity contribution is 7.92. The number of aryl methyl sites for hydroxylation is 2. The monoisotopic (exact) mass is 287 g/mol. The Labute approximate surface area is 109 Å². The molecule has 96 valence electrons. The molecule has 0 bridgehead atoms. The molecule has 2 aromatic heterocycles. The van der Waals surface area contributed by atoms with Crippen molar-refractivity contribution in [2.75, 3.05) is 4.72 Å². The van der Waals surface area contributed by atoms with E-state index in [9.17, 15) is 8.42 Å². The quantitative estimate of drug-likeness (QED) is 0.935. The van der Waals surface area contributed by atoms with Gasteiger partial charge in [-0.3, -0.25) is 4.72 Å². The van der Waals surface area contributed by atoms with Crippen LogP contribution in [0.4, 0.5) is 5.82 Å². The van der Waals surface area contributed by atoms with E-state index in [2.05, 4.69) is 14.9 Å². The number of rotatable bonds is 3. The van der Waals surface area contributed by atoms with Crippen LogP contribution in [0.2, 0.25) is 5.02 Å². The van der Waals surface area contributed by atoms with Crippen LogP contribution < -0.4 is 4.72 Å². The van der Waals surface area contributed by atoms with Gasteiger partial charge in [-0.15, -0.1) is 0 Å². The molecule has 0 aliphatic rings. The van der Waals surface area contributed by atoms with E-state index in [1.54, 1.807) is 13.0 Å². The summed E-state index contributed by atoms with van der Waals surface area (Å²) in [6.07, 6.45) is 1.41. The summed E-state index contributed by atoms with van der Waals surface area (Å²) in [4.78, 5) is 3.89. The van der Waals surface area contributed by atoms with Crippen LogP contribution in [-0.2, 0) is 10.0 Å². The average molecular weight is 288 g/mol. The molecule has 2 aromatic rings. The fourth-order valence-corrected chi connectivity index (χ4v) is 3.00. The van der Waals surface area contributed by atoms with Gasteiger partial charge >= 0.3 is 0 Å². The number of pyridine rings is 1. The summed E-state index contributed by atoms with van der Waals surface area (Å²) >= 11 is 5.76. The predicted octanol–water partition coefficient (Wildman–Crippen LogP) is 2.14. The van der Waals surface area contributed by atoms with Gasteiger partial charge in [0.2, 0.25) is 0 Å². The molecule has 0 spiro atoms. The van der Waals surface area contributed by atoms with E-state index in [0.717, 1.165) is 0 Å². The second-order valence-electron chi connectivity index (χ2n) is 3.62. The Morgan fingerprint density at radius 3 is 2.67 bits per heavy atom. The standard InChI is InChI=1S/C10H10ClN3O3S/c1-6-10(7(2)17-13-6)18(15,16)14-9-5-8(11)3-4-12-9/h3-5H,1-2H3,(H,12,14). The van der Waals surface area contributed by atoms with Gasteiger partial charge < -0.3 is 4.52 Å². The van der Waals surface area contributed by atoms with Crippen LogP contribution in [0.3, 0.4) is 0 Å². The molecule has 0 aliphatic heterocycles. The number of nitrogens with one attached hydrogen (secondary N) is 1. The summed E-state index contributed by atoms with van der Waals surface area (Å²) in [6.45, 7) is 3.08. The van der Waals surface area contributed by atoms with Gasteiger partial charge in [0.05, 0.1) is 0 Å². The van der Waals surface area contributed by atoms with Gasteiger partial charge in [0, 0.05) is 17.3 Å². The lowest BCUT2D eigenvalue weighted by Gasteiger charge is -2.06. The number of aromatic nitrogens is 2. The van der Waals surface area contributed by atoms with Gasteiger partial charge in [-0.1, -0.05) is 16.8 Å². The summed E-state index contributed by atoms with van der Waals surface area (Å²) in [7, 11) is -3.78. The third kappa shape index (κ3) is 2.46. The van der Waals surface area contributed by atoms with Crippen molar-refractivity contribution in [2.45, 2.75) is 18.7 Å². The van der Waals surface area contributed by atoms with E-state index in [0.29, 0.717) is 10.7 Å². The lowest BCUT2D eigenvalue weighted by molar-refractivity contribution is 0.390. The number of anilines is 1. The molecule has 0 amide bonds. The zero-order valence-corrected chi connectivity index (χ0v) is 11.2. The first-order valence-electron chi connectivity index (χ1n) is 4.97. The second kappa shape index (κ2) is 4.58. The van der Waals surface area contributed by atoms with Gasteiger partial charge in [0.25, 0.3) is 10.0 Å². The van der Waals surface area contributed by atoms with E-state index in [1.165, 1.54) is 19.2 Å². The molecule has 0 atom stereocenters. The largest absolute Gasteiger partial charge is 0.360 e. The molecule has 2 rings (SSSR count). The third-order valence-electron chi connectivity index (χ3n) is 2.20. The molecule has 0 fully saturated rings. The van der Waals surface area contributed by atoms with Gasteiger partial charge in [-0.25, -0.2) is 13.4 Å². The van der Waals surface area contributed by atoms with Gasteiger partial charge in [0.1, 0.15) is 11.5 Å². The first-order valence-corrected chi connectivity index (χ1v) is 6.83. The van der Waals surface area contributed by atoms with E-state index >= 15 is 0 Å². The van der Waals surface area contributed by atoms with Crippen LogP contribution in [-0.4, -0.2) is 18.6 Å². The third-order valence-corrected chi connectivity index (χ3v) is 4.03. The van der Waals surface area contributed by atoms with Crippen LogP contribution >= 0.6 is 11.6 Å². The van der Waals surface area contributed by atoms with E-state index in [1.807, 2.05) is 0 Å². The van der Waals surface area contributed by atoms with Gasteiger partial charge in [-0.05, 0) is 19.9 Å². The second-order valence-corrected chi connectivity index (χ2v) is 5.67. The molecule has 0 saturated heterocycles. The summed E-state index contributed by atoms with van der Waals surface area (Å²) in [5.74, 6) is 0.365. The highest BCUT2D eigenvalue weighted by Crippen LogP contribution is 2.22. The number of nitrogens with zero attached hydrogens (tertiary/aromatic N) is 2. The maximum atomic E-state index is 12.1. The van der Waals surface area contributed by atoms with Crippen LogP contribution in [0.5, 0.6) is 0 Å². The summed E-state index contributed by atoms with van der Waals surface area (Å²) in [5, 5.41) is 3.99. The summed E-state index contributed by atoms with van der Waals surface area (Å²) in [6, 6.07) is 2.96. The zero-order valence-electron chi connectivity index (χ0n) is 9.64. The van der Waals surface area contributed by atoms with Crippen LogP contribution in [0.25, 0.3) is 0 Å². The fraction of sp³-hybridized carbons (Fsp3) is 0.200. The molecule has 0 radical (unpaired) electrons. The first kappa shape index (κ1) is 12.8. The Morgan fingerprint density at radius 2 is 2.11 bits per heavy atom. The molecular weight excluding hydrogens is 278 g/mol. The van der Waals surface area contributed by atoms with Gasteiger partial charge in [-0.2, -0.15) is 0 Å². The molecule has 8 heteroatoms. The number of halogens is 1. The Kier molecular flexibility index (Phi) is 3.27. The van der Waals surface area contributed by atoms with Crippen molar-refractivity contribution in [3.63, 3.8) is 0 Å². The lowest BCUT2D eigenvalue weighted by Crippen LogP contribution is -2.15. The van der Waals surface area contributed by atoms with Crippen molar-refractivity contribution in [3.8, 4) is 0 Å². The van der Waals surface area contributed by atoms with Crippen molar-refractivity contribution in [3.05, 3.63) is 34.8 Å². The Morgan fingerprint density at radius 1 is 1.39 bits per heavy atom. The molecule has 1 N–H and O–H groups in total. The SMILES string of the molecule is Cc1noc(C)c1S(=O)(=O)Nc1cc(Cl)ccn1. The molecule has 0 aromatic carbocycles. The minimum atomic E-state index is -3.78. The molecule has 2 heterocycles. The topological polar surface area (TPSA) is 85.1 Å². The maximum Gasteiger partial charge on any atom is 0.268 e. The van der Waals surface area contributed by atoms with Crippen LogP contribution in [0.1, 0.15) is 11.5 Å². The molecule has 18 heavy (non-hydrogen) atoms. The molecule has 0 unspecified atom stereocenters. The average Bonchev–Trinajstić information content (AvgIpc) is 2.58. The molecule has 0 aliphatic carbocycles. The van der Waals surface area contributed by atoms with Crippen molar-refractivity contribution in [1.82, 2.24) is 10.1 Å². The lowest BCUT2D eigenvalue weighted by atomic mass is 10.4. The Hall–Kier alpha value is -1.60. The van der Waals surface area contributed by atoms with Crippen molar-refractivity contribution >= 4 is 27.4 Å². The Bertz CT molecular complexity index is 662. The van der Waals surface area contributed by atoms with Crippen LogP contribution in [0, 0.1) is 13.8 Å². The Balaban J connectivity index is 2.39. The molecule has 6 nitrogen and oxygen atoms in total. The summed E-state index contributed by atoms with van der Waals surface area (Å²) in [5.41, 5.74) is 0.294. The number of sulfonamides is 1. The molecular formula is C10H10ClN3O3S.